The highest BCUT2D eigenvalue weighted by atomic mass is 32.2. The van der Waals surface area contributed by atoms with E-state index in [0.717, 1.165) is 6.42 Å². The first kappa shape index (κ1) is 14.3. The number of nitrogens with two attached hydrogens (primary N) is 1. The number of aliphatic hydroxyl groups excluding tert-OH is 1. The third-order valence-corrected chi connectivity index (χ3v) is 5.98. The second-order valence-electron chi connectivity index (χ2n) is 5.06. The number of aromatic nitrogens is 2. The van der Waals surface area contributed by atoms with Crippen molar-refractivity contribution in [2.75, 3.05) is 18.9 Å². The molecule has 0 saturated carbocycles. The summed E-state index contributed by atoms with van der Waals surface area (Å²) in [5, 5.41) is 13.3. The van der Waals surface area contributed by atoms with Crippen LogP contribution in [0.1, 0.15) is 19.0 Å². The highest BCUT2D eigenvalue weighted by molar-refractivity contribution is 7.89. The molecule has 1 aliphatic rings. The number of aliphatic hydroxyl groups is 1. The average molecular weight is 288 g/mol. The maximum absolute atomic E-state index is 12.7. The molecular weight excluding hydrogens is 268 g/mol. The summed E-state index contributed by atoms with van der Waals surface area (Å²) in [5.74, 6) is 0.147. The van der Waals surface area contributed by atoms with Gasteiger partial charge >= 0.3 is 0 Å². The van der Waals surface area contributed by atoms with E-state index in [1.807, 2.05) is 6.92 Å². The predicted octanol–water partition coefficient (Wildman–Crippen LogP) is -0.298. The van der Waals surface area contributed by atoms with Crippen LogP contribution in [0, 0.1) is 12.8 Å². The Kier molecular flexibility index (Phi) is 3.59. The quantitative estimate of drug-likeness (QED) is 0.795. The van der Waals surface area contributed by atoms with E-state index in [4.69, 9.17) is 5.73 Å². The van der Waals surface area contributed by atoms with Crippen molar-refractivity contribution in [1.29, 1.82) is 0 Å². The molecule has 7 nitrogen and oxygen atoms in total. The minimum absolute atomic E-state index is 0.0104. The topological polar surface area (TPSA) is 101 Å². The van der Waals surface area contributed by atoms with Gasteiger partial charge in [-0.2, -0.15) is 9.40 Å². The molecule has 2 rings (SSSR count). The van der Waals surface area contributed by atoms with Crippen LogP contribution >= 0.6 is 0 Å². The predicted molar refractivity (Wildman–Crippen MR) is 70.9 cm³/mol. The molecule has 0 aromatic carbocycles. The van der Waals surface area contributed by atoms with Crippen molar-refractivity contribution in [2.24, 2.45) is 13.0 Å². The van der Waals surface area contributed by atoms with Crippen molar-refractivity contribution in [1.82, 2.24) is 14.1 Å². The van der Waals surface area contributed by atoms with Gasteiger partial charge in [0.1, 0.15) is 4.90 Å². The zero-order valence-electron chi connectivity index (χ0n) is 11.4. The fourth-order valence-electron chi connectivity index (χ4n) is 2.59. The summed E-state index contributed by atoms with van der Waals surface area (Å²) in [7, 11) is -2.05. The number of aryl methyl sites for hydroxylation is 1. The fourth-order valence-corrected chi connectivity index (χ4v) is 4.61. The molecule has 8 heteroatoms. The first-order valence-corrected chi connectivity index (χ1v) is 7.66. The molecule has 2 unspecified atom stereocenters. The van der Waals surface area contributed by atoms with Crippen LogP contribution in [-0.2, 0) is 17.1 Å². The third kappa shape index (κ3) is 2.13. The lowest BCUT2D eigenvalue weighted by atomic mass is 10.0. The summed E-state index contributed by atoms with van der Waals surface area (Å²) in [6, 6.07) is -0.385. The Labute approximate surface area is 113 Å². The SMILES string of the molecule is Cc1c(S(=O)(=O)N2CCC(C)C2CO)c(N)nn1C. The van der Waals surface area contributed by atoms with Gasteiger partial charge in [0.15, 0.2) is 5.82 Å². The van der Waals surface area contributed by atoms with E-state index in [9.17, 15) is 13.5 Å². The molecule has 0 bridgehead atoms. The minimum atomic E-state index is -3.71. The van der Waals surface area contributed by atoms with Gasteiger partial charge in [0.05, 0.1) is 18.3 Å². The molecule has 0 amide bonds. The van der Waals surface area contributed by atoms with E-state index in [1.165, 1.54) is 8.99 Å². The van der Waals surface area contributed by atoms with Crippen molar-refractivity contribution >= 4 is 15.8 Å². The van der Waals surface area contributed by atoms with Crippen molar-refractivity contribution in [3.8, 4) is 0 Å². The number of rotatable bonds is 3. The third-order valence-electron chi connectivity index (χ3n) is 3.89. The van der Waals surface area contributed by atoms with Gasteiger partial charge in [0.2, 0.25) is 10.0 Å². The van der Waals surface area contributed by atoms with Crippen LogP contribution < -0.4 is 5.73 Å². The van der Waals surface area contributed by atoms with Crippen LogP contribution in [0.3, 0.4) is 0 Å². The van der Waals surface area contributed by atoms with Gasteiger partial charge in [0.25, 0.3) is 0 Å². The molecule has 0 aliphatic carbocycles. The molecule has 1 aromatic heterocycles. The van der Waals surface area contributed by atoms with E-state index in [1.54, 1.807) is 14.0 Å². The number of nitrogen functional groups attached to an aromatic ring is 1. The molecule has 0 spiro atoms. The zero-order valence-corrected chi connectivity index (χ0v) is 12.2. The van der Waals surface area contributed by atoms with Gasteiger partial charge in [-0.3, -0.25) is 4.68 Å². The van der Waals surface area contributed by atoms with Gasteiger partial charge in [-0.05, 0) is 19.3 Å². The molecule has 1 fully saturated rings. The van der Waals surface area contributed by atoms with Crippen LogP contribution in [0.25, 0.3) is 0 Å². The maximum Gasteiger partial charge on any atom is 0.248 e. The Morgan fingerprint density at radius 3 is 2.63 bits per heavy atom. The second kappa shape index (κ2) is 4.77. The second-order valence-corrected chi connectivity index (χ2v) is 6.88. The summed E-state index contributed by atoms with van der Waals surface area (Å²) < 4.78 is 28.2. The molecule has 2 atom stereocenters. The van der Waals surface area contributed by atoms with Gasteiger partial charge in [-0.15, -0.1) is 0 Å². The molecule has 108 valence electrons. The van der Waals surface area contributed by atoms with Crippen molar-refractivity contribution < 1.29 is 13.5 Å². The first-order valence-electron chi connectivity index (χ1n) is 6.22. The first-order chi connectivity index (χ1) is 8.80. The summed E-state index contributed by atoms with van der Waals surface area (Å²) >= 11 is 0. The van der Waals surface area contributed by atoms with Crippen LogP contribution in [0.15, 0.2) is 4.90 Å². The van der Waals surface area contributed by atoms with Crippen molar-refractivity contribution in [2.45, 2.75) is 31.2 Å². The van der Waals surface area contributed by atoms with Gasteiger partial charge in [-0.1, -0.05) is 6.92 Å². The number of nitrogens with zero attached hydrogens (tertiary/aromatic N) is 3. The van der Waals surface area contributed by atoms with Crippen molar-refractivity contribution in [3.05, 3.63) is 5.69 Å². The highest BCUT2D eigenvalue weighted by Gasteiger charge is 2.41. The number of sulfonamides is 1. The van der Waals surface area contributed by atoms with E-state index < -0.39 is 10.0 Å². The van der Waals surface area contributed by atoms with E-state index in [-0.39, 0.29) is 29.3 Å². The monoisotopic (exact) mass is 288 g/mol. The lowest BCUT2D eigenvalue weighted by Crippen LogP contribution is -2.40. The van der Waals surface area contributed by atoms with Crippen LogP contribution in [0.4, 0.5) is 5.82 Å². The molecule has 1 aliphatic heterocycles. The van der Waals surface area contributed by atoms with Crippen LogP contribution in [-0.4, -0.2) is 46.8 Å². The number of hydrogen-bond donors (Lipinski definition) is 2. The molecular formula is C11H20N4O3S. The van der Waals surface area contributed by atoms with Crippen molar-refractivity contribution in [3.63, 3.8) is 0 Å². The lowest BCUT2D eigenvalue weighted by molar-refractivity contribution is 0.191. The lowest BCUT2D eigenvalue weighted by Gasteiger charge is -2.24. The van der Waals surface area contributed by atoms with Gasteiger partial charge < -0.3 is 10.8 Å². The smallest absolute Gasteiger partial charge is 0.248 e. The maximum atomic E-state index is 12.7. The molecule has 0 radical (unpaired) electrons. The minimum Gasteiger partial charge on any atom is -0.395 e. The summed E-state index contributed by atoms with van der Waals surface area (Å²) in [4.78, 5) is 0.0579. The summed E-state index contributed by atoms with van der Waals surface area (Å²) in [6.07, 6.45) is 0.740. The van der Waals surface area contributed by atoms with Crippen LogP contribution in [0.2, 0.25) is 0 Å². The Balaban J connectivity index is 2.49. The summed E-state index contributed by atoms with van der Waals surface area (Å²) in [6.45, 7) is 3.83. The molecule has 2 heterocycles. The standard InChI is InChI=1S/C11H20N4O3S/c1-7-4-5-15(9(7)6-16)19(17,18)10-8(2)14(3)13-11(10)12/h7,9,16H,4-6H2,1-3H3,(H2,12,13). The Hall–Kier alpha value is -1.12. The van der Waals surface area contributed by atoms with Crippen LogP contribution in [0.5, 0.6) is 0 Å². The van der Waals surface area contributed by atoms with E-state index >= 15 is 0 Å². The molecule has 3 N–H and O–H groups in total. The number of hydrogen-bond acceptors (Lipinski definition) is 5. The van der Waals surface area contributed by atoms with E-state index in [0.29, 0.717) is 12.2 Å². The van der Waals surface area contributed by atoms with E-state index in [2.05, 4.69) is 5.10 Å². The zero-order chi connectivity index (χ0) is 14.4. The van der Waals surface area contributed by atoms with Gasteiger partial charge in [-0.25, -0.2) is 8.42 Å². The molecule has 19 heavy (non-hydrogen) atoms. The average Bonchev–Trinajstić information content (AvgIpc) is 2.81. The Morgan fingerprint density at radius 1 is 1.53 bits per heavy atom. The largest absolute Gasteiger partial charge is 0.395 e. The van der Waals surface area contributed by atoms with Gasteiger partial charge in [0, 0.05) is 13.6 Å². The molecule has 1 saturated heterocycles. The molecule has 1 aromatic rings. The normalized spacial score (nSPS) is 25.1. The number of anilines is 1. The Morgan fingerprint density at radius 2 is 2.16 bits per heavy atom. The fraction of sp³-hybridized carbons (Fsp3) is 0.727. The Bertz CT molecular complexity index is 581. The highest BCUT2D eigenvalue weighted by Crippen LogP contribution is 2.33. The summed E-state index contributed by atoms with van der Waals surface area (Å²) in [5.41, 5.74) is 6.23.